The number of carbonyl (C=O) groups excluding carboxylic acids is 2. The van der Waals surface area contributed by atoms with Crippen molar-refractivity contribution in [3.05, 3.63) is 69.7 Å². The predicted octanol–water partition coefficient (Wildman–Crippen LogP) is 6.17. The second kappa shape index (κ2) is 11.1. The van der Waals surface area contributed by atoms with Crippen LogP contribution in [0.15, 0.2) is 48.5 Å². The van der Waals surface area contributed by atoms with E-state index in [1.54, 1.807) is 17.0 Å². The number of aliphatic hydroxyl groups is 1. The minimum Gasteiger partial charge on any atom is -0.460 e. The number of ether oxygens (including phenoxy) is 1. The van der Waals surface area contributed by atoms with Crippen molar-refractivity contribution in [3.8, 4) is 0 Å². The number of aliphatic hydroxyl groups excluding tert-OH is 1. The smallest absolute Gasteiger partial charge is 0.307 e. The Balaban J connectivity index is 2.09. The summed E-state index contributed by atoms with van der Waals surface area (Å²) >= 11 is 12.5. The van der Waals surface area contributed by atoms with Crippen LogP contribution in [-0.2, 0) is 14.3 Å². The maximum absolute atomic E-state index is 13.8. The van der Waals surface area contributed by atoms with E-state index in [2.05, 4.69) is 0 Å². The summed E-state index contributed by atoms with van der Waals surface area (Å²) in [4.78, 5) is 28.3. The number of hydrogen-bond donors (Lipinski definition) is 1. The van der Waals surface area contributed by atoms with E-state index >= 15 is 0 Å². The number of piperidine rings is 1. The fourth-order valence-corrected chi connectivity index (χ4v) is 5.09. The molecular formula is C27H33Cl2NO4. The summed E-state index contributed by atoms with van der Waals surface area (Å²) in [6.07, 6.45) is 1.02. The van der Waals surface area contributed by atoms with Gasteiger partial charge in [0, 0.05) is 21.9 Å². The number of halogens is 2. The SMILES string of the molecule is CC[C@@H](CO)N1C(=O)[C@@H](CC(=O)OC(C)(C)C)CC(c2cccc(Cl)c2)[C@H]1c1ccc(Cl)cc1. The molecule has 7 heteroatoms. The molecule has 1 N–H and O–H groups in total. The van der Waals surface area contributed by atoms with Crippen molar-refractivity contribution in [3.63, 3.8) is 0 Å². The summed E-state index contributed by atoms with van der Waals surface area (Å²) < 4.78 is 5.53. The van der Waals surface area contributed by atoms with Crippen LogP contribution >= 0.6 is 23.2 Å². The normalized spacial score (nSPS) is 21.9. The van der Waals surface area contributed by atoms with Gasteiger partial charge in [0.05, 0.1) is 25.1 Å². The lowest BCUT2D eigenvalue weighted by molar-refractivity contribution is -0.162. The van der Waals surface area contributed by atoms with E-state index in [0.717, 1.165) is 11.1 Å². The Morgan fingerprint density at radius 2 is 1.79 bits per heavy atom. The first-order valence-corrected chi connectivity index (χ1v) is 12.5. The largest absolute Gasteiger partial charge is 0.460 e. The van der Waals surface area contributed by atoms with Gasteiger partial charge in [0.1, 0.15) is 5.60 Å². The quantitative estimate of drug-likeness (QED) is 0.456. The topological polar surface area (TPSA) is 66.8 Å². The van der Waals surface area contributed by atoms with Gasteiger partial charge >= 0.3 is 5.97 Å². The lowest BCUT2D eigenvalue weighted by Crippen LogP contribution is -2.53. The number of carbonyl (C=O) groups is 2. The first-order chi connectivity index (χ1) is 16.0. The van der Waals surface area contributed by atoms with Gasteiger partial charge in [0.15, 0.2) is 0 Å². The van der Waals surface area contributed by atoms with Crippen LogP contribution in [-0.4, -0.2) is 40.1 Å². The van der Waals surface area contributed by atoms with Crippen LogP contribution in [0.5, 0.6) is 0 Å². The Bertz CT molecular complexity index is 998. The maximum Gasteiger partial charge on any atom is 0.307 e. The Labute approximate surface area is 212 Å². The van der Waals surface area contributed by atoms with Crippen molar-refractivity contribution in [2.24, 2.45) is 5.92 Å². The third-order valence-corrected chi connectivity index (χ3v) is 6.71. The third-order valence-electron chi connectivity index (χ3n) is 6.22. The van der Waals surface area contributed by atoms with Crippen LogP contribution in [0, 0.1) is 5.92 Å². The molecular weight excluding hydrogens is 473 g/mol. The van der Waals surface area contributed by atoms with E-state index in [4.69, 9.17) is 27.9 Å². The van der Waals surface area contributed by atoms with Crippen LogP contribution in [0.3, 0.4) is 0 Å². The third kappa shape index (κ3) is 6.32. The van der Waals surface area contributed by atoms with Gasteiger partial charge in [0.25, 0.3) is 0 Å². The number of amides is 1. The Kier molecular flexibility index (Phi) is 8.66. The van der Waals surface area contributed by atoms with Gasteiger partial charge in [-0.3, -0.25) is 9.59 Å². The van der Waals surface area contributed by atoms with Crippen molar-refractivity contribution < 1.29 is 19.4 Å². The monoisotopic (exact) mass is 505 g/mol. The molecule has 5 nitrogen and oxygen atoms in total. The zero-order valence-electron chi connectivity index (χ0n) is 20.1. The van der Waals surface area contributed by atoms with Gasteiger partial charge in [-0.2, -0.15) is 0 Å². The van der Waals surface area contributed by atoms with Crippen LogP contribution < -0.4 is 0 Å². The lowest BCUT2D eigenvalue weighted by Gasteiger charge is -2.48. The van der Waals surface area contributed by atoms with Crippen molar-refractivity contribution in [1.82, 2.24) is 4.90 Å². The molecule has 1 fully saturated rings. The number of benzene rings is 2. The summed E-state index contributed by atoms with van der Waals surface area (Å²) in [7, 11) is 0. The highest BCUT2D eigenvalue weighted by Gasteiger charge is 2.46. The highest BCUT2D eigenvalue weighted by molar-refractivity contribution is 6.30. The van der Waals surface area contributed by atoms with Crippen LogP contribution in [0.4, 0.5) is 0 Å². The van der Waals surface area contributed by atoms with Gasteiger partial charge in [-0.1, -0.05) is 54.4 Å². The summed E-state index contributed by atoms with van der Waals surface area (Å²) in [5.41, 5.74) is 1.27. The summed E-state index contributed by atoms with van der Waals surface area (Å²) in [6, 6.07) is 14.3. The van der Waals surface area contributed by atoms with Crippen molar-refractivity contribution >= 4 is 35.1 Å². The second-order valence-electron chi connectivity index (χ2n) is 9.87. The molecule has 184 valence electrons. The summed E-state index contributed by atoms with van der Waals surface area (Å²) in [5, 5.41) is 11.4. The summed E-state index contributed by atoms with van der Waals surface area (Å²) in [5.74, 6) is -1.25. The van der Waals surface area contributed by atoms with E-state index in [0.29, 0.717) is 22.9 Å². The number of nitrogens with zero attached hydrogens (tertiary/aromatic N) is 1. The van der Waals surface area contributed by atoms with E-state index in [9.17, 15) is 14.7 Å². The predicted molar refractivity (Wildman–Crippen MR) is 135 cm³/mol. The number of rotatable bonds is 7. The zero-order valence-corrected chi connectivity index (χ0v) is 21.6. The average molecular weight is 506 g/mol. The minimum atomic E-state index is -0.635. The Morgan fingerprint density at radius 3 is 2.35 bits per heavy atom. The van der Waals surface area contributed by atoms with Gasteiger partial charge in [-0.25, -0.2) is 0 Å². The number of esters is 1. The average Bonchev–Trinajstić information content (AvgIpc) is 2.76. The first-order valence-electron chi connectivity index (χ1n) is 11.7. The number of hydrogen-bond acceptors (Lipinski definition) is 4. The molecule has 0 aromatic heterocycles. The van der Waals surface area contributed by atoms with Crippen LogP contribution in [0.2, 0.25) is 10.0 Å². The maximum atomic E-state index is 13.8. The molecule has 34 heavy (non-hydrogen) atoms. The molecule has 0 aliphatic carbocycles. The van der Waals surface area contributed by atoms with Crippen LogP contribution in [0.1, 0.15) is 70.0 Å². The van der Waals surface area contributed by atoms with Crippen molar-refractivity contribution in [2.45, 2.75) is 70.6 Å². The molecule has 2 aromatic carbocycles. The Hall–Kier alpha value is -2.08. The van der Waals surface area contributed by atoms with Gasteiger partial charge in [-0.05, 0) is 69.0 Å². The molecule has 1 amide bonds. The fraction of sp³-hybridized carbons (Fsp3) is 0.481. The molecule has 0 bridgehead atoms. The molecule has 1 unspecified atom stereocenters. The molecule has 2 aromatic rings. The van der Waals surface area contributed by atoms with Gasteiger partial charge in [-0.15, -0.1) is 0 Å². The molecule has 3 rings (SSSR count). The molecule has 1 aliphatic rings. The standard InChI is InChI=1S/C27H33Cl2NO4/c1-5-22(16-31)30-25(17-9-11-20(28)12-10-17)23(18-7-6-8-21(29)13-18)14-19(26(30)33)15-24(32)34-27(2,3)4/h6-13,19,22-23,25,31H,5,14-16H2,1-4H3/t19-,22+,23?,25-/m1/s1. The fourth-order valence-electron chi connectivity index (χ4n) is 4.76. The molecule has 0 saturated carbocycles. The second-order valence-corrected chi connectivity index (χ2v) is 10.7. The van der Waals surface area contributed by atoms with E-state index in [1.807, 2.05) is 64.1 Å². The van der Waals surface area contributed by atoms with E-state index in [1.165, 1.54) is 0 Å². The molecule has 1 saturated heterocycles. The Morgan fingerprint density at radius 1 is 1.12 bits per heavy atom. The zero-order chi connectivity index (χ0) is 25.0. The van der Waals surface area contributed by atoms with Crippen molar-refractivity contribution in [2.75, 3.05) is 6.61 Å². The van der Waals surface area contributed by atoms with E-state index in [-0.39, 0.29) is 30.9 Å². The summed E-state index contributed by atoms with van der Waals surface area (Å²) in [6.45, 7) is 7.20. The first kappa shape index (κ1) is 26.5. The van der Waals surface area contributed by atoms with Crippen molar-refractivity contribution in [1.29, 1.82) is 0 Å². The molecule has 1 heterocycles. The van der Waals surface area contributed by atoms with Gasteiger partial charge in [0.2, 0.25) is 5.91 Å². The molecule has 1 aliphatic heterocycles. The van der Waals surface area contributed by atoms with E-state index < -0.39 is 23.5 Å². The minimum absolute atomic E-state index is 0.0150. The molecule has 4 atom stereocenters. The highest BCUT2D eigenvalue weighted by atomic mass is 35.5. The lowest BCUT2D eigenvalue weighted by atomic mass is 9.74. The molecule has 0 spiro atoms. The highest BCUT2D eigenvalue weighted by Crippen LogP contribution is 2.47. The number of likely N-dealkylation sites (tertiary alicyclic amines) is 1. The van der Waals surface area contributed by atoms with Crippen LogP contribution in [0.25, 0.3) is 0 Å². The molecule has 0 radical (unpaired) electrons. The van der Waals surface area contributed by atoms with Gasteiger partial charge < -0.3 is 14.7 Å².